The Kier molecular flexibility index (Phi) is 5.64. The number of aromatic nitrogens is 3. The molecule has 0 fully saturated rings. The minimum absolute atomic E-state index is 0.385. The van der Waals surface area contributed by atoms with Crippen LogP contribution < -0.4 is 15.1 Å². The molecule has 0 unspecified atom stereocenters. The quantitative estimate of drug-likeness (QED) is 0.370. The molecule has 0 saturated heterocycles. The van der Waals surface area contributed by atoms with Gasteiger partial charge in [-0.3, -0.25) is 4.57 Å². The number of nitrogens with zero attached hydrogens (tertiary/aromatic N) is 3. The van der Waals surface area contributed by atoms with Crippen LogP contribution in [0.4, 0.5) is 30.7 Å². The lowest BCUT2D eigenvalue weighted by Gasteiger charge is -2.18. The average Bonchev–Trinajstić information content (AvgIpc) is 3.39. The lowest BCUT2D eigenvalue weighted by molar-refractivity contribution is -0.274. The summed E-state index contributed by atoms with van der Waals surface area (Å²) in [6.07, 6.45) is -3.90. The monoisotopic (exact) mass is 566 g/mol. The van der Waals surface area contributed by atoms with Crippen LogP contribution >= 0.6 is 0 Å². The van der Waals surface area contributed by atoms with Gasteiger partial charge in [-0.1, -0.05) is 11.2 Å². The van der Waals surface area contributed by atoms with Gasteiger partial charge in [0.05, 0.1) is 23.8 Å². The summed E-state index contributed by atoms with van der Waals surface area (Å²) in [6.45, 7) is -0.768. The van der Waals surface area contributed by atoms with Crippen LogP contribution in [-0.4, -0.2) is 41.4 Å². The molecule has 0 saturated carbocycles. The first kappa shape index (κ1) is 25.8. The van der Waals surface area contributed by atoms with Crippen LogP contribution in [0.5, 0.6) is 5.75 Å². The summed E-state index contributed by atoms with van der Waals surface area (Å²) < 4.78 is 133. The fraction of sp³-hybridized carbons (Fsp3) is 0.238. The smallest absolute Gasteiger partial charge is 0.406 e. The number of halogens is 7. The SMILES string of the molecule is CS(=O)(=O)N[C@@H]1Cn2c(cn(-c3noc4cc(OC(F)(F)F)cc(-c5c(F)cccc5F)c34)c2=O)C1(F)F. The Balaban J connectivity index is 1.73. The van der Waals surface area contributed by atoms with Crippen LogP contribution in [0.2, 0.25) is 0 Å². The Morgan fingerprint density at radius 2 is 1.84 bits per heavy atom. The molecule has 0 spiro atoms. The van der Waals surface area contributed by atoms with Crippen molar-refractivity contribution in [1.29, 1.82) is 0 Å². The minimum atomic E-state index is -5.19. The number of rotatable bonds is 5. The molecule has 1 aliphatic heterocycles. The van der Waals surface area contributed by atoms with E-state index in [0.717, 1.165) is 18.2 Å². The molecule has 2 aromatic heterocycles. The Labute approximate surface area is 207 Å². The van der Waals surface area contributed by atoms with Crippen molar-refractivity contribution >= 4 is 21.0 Å². The highest BCUT2D eigenvalue weighted by atomic mass is 32.2. The van der Waals surface area contributed by atoms with Gasteiger partial charge < -0.3 is 9.26 Å². The van der Waals surface area contributed by atoms with Gasteiger partial charge in [0.1, 0.15) is 29.1 Å². The molecule has 1 aliphatic rings. The van der Waals surface area contributed by atoms with E-state index in [0.29, 0.717) is 33.7 Å². The zero-order chi connectivity index (χ0) is 27.8. The highest BCUT2D eigenvalue weighted by Gasteiger charge is 2.52. The maximum Gasteiger partial charge on any atom is 0.573 e. The Bertz CT molecular complexity index is 1740. The van der Waals surface area contributed by atoms with E-state index in [2.05, 4.69) is 9.89 Å². The normalized spacial score (nSPS) is 17.2. The molecule has 17 heteroatoms. The van der Waals surface area contributed by atoms with Gasteiger partial charge in [0.15, 0.2) is 11.4 Å². The first-order valence-electron chi connectivity index (χ1n) is 10.4. The second-order valence-corrected chi connectivity index (χ2v) is 10.1. The van der Waals surface area contributed by atoms with Crippen molar-refractivity contribution in [2.75, 3.05) is 6.26 Å². The molecule has 0 radical (unpaired) electrons. The molecule has 2 aromatic carbocycles. The largest absolute Gasteiger partial charge is 0.573 e. The summed E-state index contributed by atoms with van der Waals surface area (Å²) in [7, 11) is -4.07. The fourth-order valence-corrected chi connectivity index (χ4v) is 5.00. The van der Waals surface area contributed by atoms with Crippen LogP contribution in [-0.2, 0) is 22.5 Å². The van der Waals surface area contributed by atoms with Crippen LogP contribution in [0.15, 0.2) is 45.8 Å². The van der Waals surface area contributed by atoms with Gasteiger partial charge in [-0.05, 0) is 18.2 Å². The van der Waals surface area contributed by atoms with Crippen molar-refractivity contribution < 1.29 is 48.4 Å². The van der Waals surface area contributed by atoms with E-state index in [1.165, 1.54) is 0 Å². The highest BCUT2D eigenvalue weighted by molar-refractivity contribution is 7.88. The maximum absolute atomic E-state index is 15.0. The molecular weight excluding hydrogens is 553 g/mol. The number of ether oxygens (including phenoxy) is 1. The molecule has 5 rings (SSSR count). The number of sulfonamides is 1. The van der Waals surface area contributed by atoms with Crippen molar-refractivity contribution in [2.45, 2.75) is 24.9 Å². The van der Waals surface area contributed by atoms with Gasteiger partial charge in [0.2, 0.25) is 10.0 Å². The highest BCUT2D eigenvalue weighted by Crippen LogP contribution is 2.42. The van der Waals surface area contributed by atoms with Gasteiger partial charge in [-0.15, -0.1) is 13.2 Å². The molecule has 4 aromatic rings. The van der Waals surface area contributed by atoms with E-state index < -0.39 is 86.2 Å². The number of fused-ring (bicyclic) bond motifs is 2. The van der Waals surface area contributed by atoms with Gasteiger partial charge >= 0.3 is 18.0 Å². The zero-order valence-corrected chi connectivity index (χ0v) is 19.5. The lowest BCUT2D eigenvalue weighted by atomic mass is 10.00. The van der Waals surface area contributed by atoms with E-state index >= 15 is 0 Å². The molecule has 9 nitrogen and oxygen atoms in total. The number of hydrogen-bond donors (Lipinski definition) is 1. The lowest BCUT2D eigenvalue weighted by Crippen LogP contribution is -2.44. The number of nitrogens with one attached hydrogen (secondary N) is 1. The standard InChI is InChI=1S/C21H13F7N4O5S/c1-38(34,35)30-14-7-31-15(20(14,24)25)8-32(19(31)33)18-17-10(16-11(22)3-2-4-12(16)23)5-9(36-21(26,27)28)6-13(17)37-29-18/h2-6,8,14,30H,7H2,1H3/t14-/m1/s1. The van der Waals surface area contributed by atoms with Crippen LogP contribution in [0.3, 0.4) is 0 Å². The van der Waals surface area contributed by atoms with Crippen molar-refractivity contribution in [1.82, 2.24) is 19.0 Å². The molecule has 1 atom stereocenters. The summed E-state index contributed by atoms with van der Waals surface area (Å²) in [4.78, 5) is 13.1. The van der Waals surface area contributed by atoms with E-state index in [1.54, 1.807) is 4.72 Å². The van der Waals surface area contributed by atoms with Crippen LogP contribution in [0.25, 0.3) is 27.9 Å². The number of hydrogen-bond acceptors (Lipinski definition) is 6. The van der Waals surface area contributed by atoms with Crippen molar-refractivity contribution in [2.24, 2.45) is 0 Å². The Morgan fingerprint density at radius 3 is 2.42 bits per heavy atom. The Morgan fingerprint density at radius 1 is 1.18 bits per heavy atom. The predicted octanol–water partition coefficient (Wildman–Crippen LogP) is 3.65. The predicted molar refractivity (Wildman–Crippen MR) is 115 cm³/mol. The number of benzene rings is 2. The van der Waals surface area contributed by atoms with Crippen molar-refractivity contribution in [3.05, 3.63) is 64.3 Å². The first-order valence-corrected chi connectivity index (χ1v) is 12.3. The molecule has 0 aliphatic carbocycles. The van der Waals surface area contributed by atoms with Crippen LogP contribution in [0, 0.1) is 11.6 Å². The zero-order valence-electron chi connectivity index (χ0n) is 18.7. The minimum Gasteiger partial charge on any atom is -0.406 e. The third-order valence-electron chi connectivity index (χ3n) is 5.70. The van der Waals surface area contributed by atoms with E-state index in [1.807, 2.05) is 0 Å². The van der Waals surface area contributed by atoms with E-state index in [4.69, 9.17) is 4.52 Å². The third kappa shape index (κ3) is 4.30. The number of imidazole rings is 1. The summed E-state index contributed by atoms with van der Waals surface area (Å²) >= 11 is 0. The van der Waals surface area contributed by atoms with E-state index in [9.17, 15) is 43.9 Å². The summed E-state index contributed by atoms with van der Waals surface area (Å²) in [6, 6.07) is 1.99. The summed E-state index contributed by atoms with van der Waals surface area (Å²) in [5, 5.41) is 3.20. The Hall–Kier alpha value is -3.86. The van der Waals surface area contributed by atoms with Gasteiger partial charge in [0.25, 0.3) is 0 Å². The molecule has 3 heterocycles. The van der Waals surface area contributed by atoms with E-state index in [-0.39, 0.29) is 5.39 Å². The van der Waals surface area contributed by atoms with Crippen molar-refractivity contribution in [3.63, 3.8) is 0 Å². The van der Waals surface area contributed by atoms with Gasteiger partial charge in [-0.25, -0.2) is 31.3 Å². The molecule has 0 bridgehead atoms. The third-order valence-corrected chi connectivity index (χ3v) is 6.42. The summed E-state index contributed by atoms with van der Waals surface area (Å²) in [5.74, 6) is -7.75. The van der Waals surface area contributed by atoms with Crippen LogP contribution in [0.1, 0.15) is 5.69 Å². The first-order chi connectivity index (χ1) is 17.6. The summed E-state index contributed by atoms with van der Waals surface area (Å²) in [5.41, 5.74) is -3.97. The molecule has 38 heavy (non-hydrogen) atoms. The molecule has 0 amide bonds. The van der Waals surface area contributed by atoms with Gasteiger partial charge in [-0.2, -0.15) is 8.78 Å². The van der Waals surface area contributed by atoms with Crippen molar-refractivity contribution in [3.8, 4) is 22.7 Å². The second kappa shape index (κ2) is 8.32. The maximum atomic E-state index is 15.0. The second-order valence-electron chi connectivity index (χ2n) is 8.34. The number of alkyl halides is 5. The average molecular weight is 566 g/mol. The fourth-order valence-electron chi connectivity index (χ4n) is 4.26. The molecular formula is C21H13F7N4O5S. The molecule has 202 valence electrons. The molecule has 1 N–H and O–H groups in total. The van der Waals surface area contributed by atoms with Gasteiger partial charge in [0, 0.05) is 17.8 Å². The topological polar surface area (TPSA) is 108 Å².